The number of nitrogens with zero attached hydrogens (tertiary/aromatic N) is 3. The summed E-state index contributed by atoms with van der Waals surface area (Å²) in [5, 5.41) is 6.90. The number of nitrogens with one attached hydrogen (secondary N) is 1. The zero-order valence-corrected chi connectivity index (χ0v) is 9.56. The maximum atomic E-state index is 12.1. The summed E-state index contributed by atoms with van der Waals surface area (Å²) in [5.41, 5.74) is 0. The first-order valence-electron chi connectivity index (χ1n) is 5.54. The smallest absolute Gasteiger partial charge is 0.295 e. The Morgan fingerprint density at radius 2 is 2.50 bits per heavy atom. The van der Waals surface area contributed by atoms with Crippen LogP contribution in [0.1, 0.15) is 29.9 Å². The Labute approximate surface area is 94.0 Å². The van der Waals surface area contributed by atoms with Gasteiger partial charge in [-0.3, -0.25) is 4.79 Å². The molecule has 6 nitrogen and oxygen atoms in total. The fourth-order valence-corrected chi connectivity index (χ4v) is 1.99. The molecule has 1 N–H and O–H groups in total. The average molecular weight is 224 g/mol. The van der Waals surface area contributed by atoms with Crippen LogP contribution >= 0.6 is 0 Å². The second-order valence-electron chi connectivity index (χ2n) is 3.87. The van der Waals surface area contributed by atoms with E-state index >= 15 is 0 Å². The van der Waals surface area contributed by atoms with Crippen LogP contribution in [0.4, 0.5) is 0 Å². The quantitative estimate of drug-likeness (QED) is 0.794. The highest BCUT2D eigenvalue weighted by atomic mass is 16.5. The van der Waals surface area contributed by atoms with Gasteiger partial charge in [-0.15, -0.1) is 0 Å². The predicted octanol–water partition coefficient (Wildman–Crippen LogP) is 0.202. The zero-order valence-electron chi connectivity index (χ0n) is 9.56. The fourth-order valence-electron chi connectivity index (χ4n) is 1.99. The molecular formula is C10H16N4O2. The predicted molar refractivity (Wildman–Crippen MR) is 57.0 cm³/mol. The van der Waals surface area contributed by atoms with Crippen LogP contribution in [0.25, 0.3) is 0 Å². The Morgan fingerprint density at radius 1 is 1.69 bits per heavy atom. The Hall–Kier alpha value is -1.43. The van der Waals surface area contributed by atoms with Gasteiger partial charge in [0.2, 0.25) is 5.89 Å². The van der Waals surface area contributed by atoms with E-state index in [1.54, 1.807) is 11.8 Å². The fraction of sp³-hybridized carbons (Fsp3) is 0.700. The van der Waals surface area contributed by atoms with Crippen LogP contribution in [0.15, 0.2) is 4.52 Å². The zero-order chi connectivity index (χ0) is 11.5. The van der Waals surface area contributed by atoms with Crippen molar-refractivity contribution in [2.24, 2.45) is 0 Å². The molecule has 1 unspecified atom stereocenters. The number of carbonyl (C=O) groups is 1. The summed E-state index contributed by atoms with van der Waals surface area (Å²) in [5.74, 6) is 0.434. The summed E-state index contributed by atoms with van der Waals surface area (Å²) < 4.78 is 4.82. The lowest BCUT2D eigenvalue weighted by Crippen LogP contribution is -2.41. The van der Waals surface area contributed by atoms with Gasteiger partial charge in [0.15, 0.2) is 0 Å². The van der Waals surface area contributed by atoms with E-state index in [0.29, 0.717) is 12.4 Å². The Kier molecular flexibility index (Phi) is 3.19. The molecule has 0 aliphatic carbocycles. The number of hydrogen-bond donors (Lipinski definition) is 1. The highest BCUT2D eigenvalue weighted by Crippen LogP contribution is 2.11. The lowest BCUT2D eigenvalue weighted by atomic mass is 10.2. The van der Waals surface area contributed by atoms with Crippen molar-refractivity contribution < 1.29 is 9.32 Å². The highest BCUT2D eigenvalue weighted by molar-refractivity contribution is 5.90. The Morgan fingerprint density at radius 3 is 3.00 bits per heavy atom. The van der Waals surface area contributed by atoms with Gasteiger partial charge in [-0.05, 0) is 19.9 Å². The van der Waals surface area contributed by atoms with Crippen molar-refractivity contribution in [2.45, 2.75) is 26.3 Å². The van der Waals surface area contributed by atoms with Crippen molar-refractivity contribution in [1.82, 2.24) is 20.4 Å². The number of rotatable bonds is 3. The number of amides is 1. The Bertz CT molecular complexity index is 371. The molecule has 1 fully saturated rings. The van der Waals surface area contributed by atoms with Crippen LogP contribution in [0, 0.1) is 6.92 Å². The van der Waals surface area contributed by atoms with Crippen LogP contribution in [-0.2, 0) is 0 Å². The van der Waals surface area contributed by atoms with Gasteiger partial charge in [0, 0.05) is 26.1 Å². The topological polar surface area (TPSA) is 71.3 Å². The Balaban J connectivity index is 2.11. The van der Waals surface area contributed by atoms with Crippen molar-refractivity contribution in [2.75, 3.05) is 19.6 Å². The molecule has 1 atom stereocenters. The minimum absolute atomic E-state index is 0.145. The lowest BCUT2D eigenvalue weighted by Gasteiger charge is -2.25. The molecule has 1 amide bonds. The molecule has 1 aliphatic rings. The van der Waals surface area contributed by atoms with Crippen molar-refractivity contribution in [1.29, 1.82) is 0 Å². The average Bonchev–Trinajstić information content (AvgIpc) is 2.90. The molecule has 2 rings (SSSR count). The largest absolute Gasteiger partial charge is 0.339 e. The van der Waals surface area contributed by atoms with Gasteiger partial charge in [-0.2, -0.15) is 4.98 Å². The molecule has 2 heterocycles. The second kappa shape index (κ2) is 4.61. The summed E-state index contributed by atoms with van der Waals surface area (Å²) in [6.07, 6.45) is 0.983. The van der Waals surface area contributed by atoms with Gasteiger partial charge in [0.1, 0.15) is 0 Å². The molecule has 16 heavy (non-hydrogen) atoms. The van der Waals surface area contributed by atoms with Gasteiger partial charge in [-0.1, -0.05) is 5.16 Å². The minimum Gasteiger partial charge on any atom is -0.339 e. The van der Waals surface area contributed by atoms with Gasteiger partial charge >= 0.3 is 0 Å². The summed E-state index contributed by atoms with van der Waals surface area (Å²) in [4.78, 5) is 17.8. The molecule has 6 heteroatoms. The van der Waals surface area contributed by atoms with Crippen LogP contribution in [-0.4, -0.2) is 46.6 Å². The molecule has 1 saturated heterocycles. The first kappa shape index (κ1) is 11.1. The van der Waals surface area contributed by atoms with E-state index in [1.165, 1.54) is 0 Å². The first-order chi connectivity index (χ1) is 7.72. The minimum atomic E-state index is -0.145. The van der Waals surface area contributed by atoms with E-state index in [4.69, 9.17) is 4.52 Å². The summed E-state index contributed by atoms with van der Waals surface area (Å²) in [6.45, 7) is 6.11. The SMILES string of the molecule is CCN(C(=O)c1noc(C)n1)C1CCNC1. The number of carbonyl (C=O) groups excluding carboxylic acids is 1. The third-order valence-electron chi connectivity index (χ3n) is 2.80. The van der Waals surface area contributed by atoms with Gasteiger partial charge in [0.25, 0.3) is 11.7 Å². The molecule has 0 bridgehead atoms. The monoisotopic (exact) mass is 224 g/mol. The molecule has 1 aromatic heterocycles. The van der Waals surface area contributed by atoms with E-state index in [2.05, 4.69) is 15.5 Å². The van der Waals surface area contributed by atoms with Gasteiger partial charge in [0.05, 0.1) is 0 Å². The van der Waals surface area contributed by atoms with Crippen LogP contribution < -0.4 is 5.32 Å². The van der Waals surface area contributed by atoms with Crippen molar-refractivity contribution >= 4 is 5.91 Å². The molecule has 0 aromatic carbocycles. The number of aromatic nitrogens is 2. The van der Waals surface area contributed by atoms with E-state index in [0.717, 1.165) is 19.5 Å². The van der Waals surface area contributed by atoms with Crippen LogP contribution in [0.5, 0.6) is 0 Å². The highest BCUT2D eigenvalue weighted by Gasteiger charge is 2.28. The van der Waals surface area contributed by atoms with Crippen LogP contribution in [0.2, 0.25) is 0 Å². The van der Waals surface area contributed by atoms with E-state index in [1.807, 2.05) is 6.92 Å². The van der Waals surface area contributed by atoms with Crippen molar-refractivity contribution in [3.8, 4) is 0 Å². The molecule has 0 spiro atoms. The van der Waals surface area contributed by atoms with E-state index < -0.39 is 0 Å². The number of aryl methyl sites for hydroxylation is 1. The maximum Gasteiger partial charge on any atom is 0.295 e. The summed E-state index contributed by atoms with van der Waals surface area (Å²) in [7, 11) is 0. The third kappa shape index (κ3) is 2.06. The molecule has 88 valence electrons. The van der Waals surface area contributed by atoms with E-state index in [9.17, 15) is 4.79 Å². The normalized spacial score (nSPS) is 20.0. The van der Waals surface area contributed by atoms with Crippen molar-refractivity contribution in [3.05, 3.63) is 11.7 Å². The van der Waals surface area contributed by atoms with Crippen LogP contribution in [0.3, 0.4) is 0 Å². The molecule has 0 saturated carbocycles. The second-order valence-corrected chi connectivity index (χ2v) is 3.87. The maximum absolute atomic E-state index is 12.1. The van der Waals surface area contributed by atoms with Gasteiger partial charge in [-0.25, -0.2) is 0 Å². The molecule has 1 aromatic rings. The third-order valence-corrected chi connectivity index (χ3v) is 2.80. The molecule has 0 radical (unpaired) electrons. The van der Waals surface area contributed by atoms with Crippen molar-refractivity contribution in [3.63, 3.8) is 0 Å². The summed E-state index contributed by atoms with van der Waals surface area (Å²) in [6, 6.07) is 0.247. The lowest BCUT2D eigenvalue weighted by molar-refractivity contribution is 0.0688. The summed E-state index contributed by atoms with van der Waals surface area (Å²) >= 11 is 0. The first-order valence-corrected chi connectivity index (χ1v) is 5.54. The molecular weight excluding hydrogens is 208 g/mol. The van der Waals surface area contributed by atoms with Gasteiger partial charge < -0.3 is 14.7 Å². The molecule has 1 aliphatic heterocycles. The number of likely N-dealkylation sites (N-methyl/N-ethyl adjacent to an activating group) is 1. The standard InChI is InChI=1S/C10H16N4O2/c1-3-14(8-4-5-11-6-8)10(15)9-12-7(2)16-13-9/h8,11H,3-6H2,1-2H3. The van der Waals surface area contributed by atoms with E-state index in [-0.39, 0.29) is 17.8 Å². The number of hydrogen-bond acceptors (Lipinski definition) is 5.